The molecule has 16 heavy (non-hydrogen) atoms. The average Bonchev–Trinajstić information content (AvgIpc) is 2.25. The van der Waals surface area contributed by atoms with Crippen LogP contribution in [0.4, 0.5) is 0 Å². The summed E-state index contributed by atoms with van der Waals surface area (Å²) in [5, 5.41) is 5.47. The number of carbonyl (C=O) groups is 2. The Morgan fingerprint density at radius 1 is 1.31 bits per heavy atom. The molecular formula is C10H22N4O2. The van der Waals surface area contributed by atoms with Gasteiger partial charge in [0.25, 0.3) is 0 Å². The molecule has 1 atom stereocenters. The molecule has 0 aromatic rings. The van der Waals surface area contributed by atoms with Gasteiger partial charge in [0.05, 0.1) is 6.54 Å². The molecule has 1 unspecified atom stereocenters. The number of primary amides is 1. The van der Waals surface area contributed by atoms with Gasteiger partial charge in [0.2, 0.25) is 11.8 Å². The quantitative estimate of drug-likeness (QED) is 0.297. The zero-order valence-corrected chi connectivity index (χ0v) is 9.79. The van der Waals surface area contributed by atoms with Crippen LogP contribution in [0.5, 0.6) is 0 Å². The maximum Gasteiger partial charge on any atom is 0.233 e. The van der Waals surface area contributed by atoms with Crippen molar-refractivity contribution in [3.8, 4) is 0 Å². The number of carbonyl (C=O) groups excluding carboxylic acids is 2. The Bertz CT molecular complexity index is 221. The van der Waals surface area contributed by atoms with Gasteiger partial charge in [-0.2, -0.15) is 0 Å². The molecule has 0 rings (SSSR count). The van der Waals surface area contributed by atoms with Crippen molar-refractivity contribution in [2.75, 3.05) is 19.8 Å². The maximum absolute atomic E-state index is 11.1. The van der Waals surface area contributed by atoms with Crippen molar-refractivity contribution in [1.29, 1.82) is 0 Å². The van der Waals surface area contributed by atoms with Crippen molar-refractivity contribution in [2.45, 2.75) is 26.2 Å². The number of unbranched alkanes of at least 4 members (excludes halogenated alkanes) is 1. The molecule has 0 spiro atoms. The molecule has 0 aliphatic carbocycles. The lowest BCUT2D eigenvalue weighted by Gasteiger charge is -2.07. The van der Waals surface area contributed by atoms with Crippen LogP contribution in [0.1, 0.15) is 26.2 Å². The van der Waals surface area contributed by atoms with Gasteiger partial charge < -0.3 is 16.8 Å². The summed E-state index contributed by atoms with van der Waals surface area (Å²) >= 11 is 0. The predicted molar refractivity (Wildman–Crippen MR) is 62.3 cm³/mol. The van der Waals surface area contributed by atoms with Crippen LogP contribution in [0, 0.1) is 5.92 Å². The van der Waals surface area contributed by atoms with Crippen LogP contribution >= 0.6 is 0 Å². The summed E-state index contributed by atoms with van der Waals surface area (Å²) in [6.45, 7) is 2.97. The highest BCUT2D eigenvalue weighted by molar-refractivity contribution is 5.77. The fourth-order valence-corrected chi connectivity index (χ4v) is 1.19. The molecule has 6 nitrogen and oxygen atoms in total. The maximum atomic E-state index is 11.1. The third kappa shape index (κ3) is 8.19. The normalized spacial score (nSPS) is 12.1. The average molecular weight is 230 g/mol. The second-order valence-corrected chi connectivity index (χ2v) is 3.78. The van der Waals surface area contributed by atoms with E-state index >= 15 is 0 Å². The van der Waals surface area contributed by atoms with E-state index in [0.29, 0.717) is 13.2 Å². The first-order valence-corrected chi connectivity index (χ1v) is 5.54. The smallest absolute Gasteiger partial charge is 0.233 e. The van der Waals surface area contributed by atoms with Crippen molar-refractivity contribution in [2.24, 2.45) is 17.4 Å². The molecule has 94 valence electrons. The first-order chi connectivity index (χ1) is 7.57. The summed E-state index contributed by atoms with van der Waals surface area (Å²) in [7, 11) is 0. The molecule has 0 fully saturated rings. The van der Waals surface area contributed by atoms with Gasteiger partial charge in [0.1, 0.15) is 0 Å². The van der Waals surface area contributed by atoms with Gasteiger partial charge in [-0.15, -0.1) is 0 Å². The molecule has 0 heterocycles. The number of rotatable bonds is 9. The summed E-state index contributed by atoms with van der Waals surface area (Å²) in [5.41, 5.74) is 10.3. The monoisotopic (exact) mass is 230 g/mol. The predicted octanol–water partition coefficient (Wildman–Crippen LogP) is -1.10. The number of hydrogen-bond acceptors (Lipinski definition) is 4. The van der Waals surface area contributed by atoms with Crippen LogP contribution in [-0.4, -0.2) is 31.6 Å². The summed E-state index contributed by atoms with van der Waals surface area (Å²) in [4.78, 5) is 21.8. The molecule has 0 saturated heterocycles. The second-order valence-electron chi connectivity index (χ2n) is 3.78. The first-order valence-electron chi connectivity index (χ1n) is 5.54. The topological polar surface area (TPSA) is 110 Å². The number of nitrogens with two attached hydrogens (primary N) is 2. The minimum Gasteiger partial charge on any atom is -0.369 e. The molecule has 0 aliphatic rings. The van der Waals surface area contributed by atoms with Crippen LogP contribution in [-0.2, 0) is 9.59 Å². The van der Waals surface area contributed by atoms with E-state index in [2.05, 4.69) is 10.6 Å². The molecule has 6 N–H and O–H groups in total. The lowest BCUT2D eigenvalue weighted by molar-refractivity contribution is -0.122. The zero-order valence-electron chi connectivity index (χ0n) is 9.79. The fraction of sp³-hybridized carbons (Fsp3) is 0.800. The van der Waals surface area contributed by atoms with E-state index in [-0.39, 0.29) is 24.3 Å². The minimum atomic E-state index is -0.267. The number of hydrogen-bond donors (Lipinski definition) is 4. The Labute approximate surface area is 96.1 Å². The standard InChI is InChI=1S/C10H22N4O2/c1-8(10(12)16)4-2-3-5-14-9(15)6-13-7-11/h8,13H,2-7,11H2,1H3,(H2,12,16)(H,14,15). The Morgan fingerprint density at radius 3 is 2.56 bits per heavy atom. The largest absolute Gasteiger partial charge is 0.369 e. The summed E-state index contributed by atoms with van der Waals surface area (Å²) < 4.78 is 0. The second kappa shape index (κ2) is 9.11. The molecule has 0 saturated carbocycles. The summed E-state index contributed by atoms with van der Waals surface area (Å²) in [5.74, 6) is -0.417. The fourth-order valence-electron chi connectivity index (χ4n) is 1.19. The van der Waals surface area contributed by atoms with Crippen LogP contribution in [0.2, 0.25) is 0 Å². The van der Waals surface area contributed by atoms with Gasteiger partial charge in [-0.1, -0.05) is 13.3 Å². The number of amides is 2. The van der Waals surface area contributed by atoms with Crippen LogP contribution in [0.3, 0.4) is 0 Å². The van der Waals surface area contributed by atoms with Gasteiger partial charge >= 0.3 is 0 Å². The van der Waals surface area contributed by atoms with Crippen LogP contribution in [0.25, 0.3) is 0 Å². The molecule has 0 aliphatic heterocycles. The van der Waals surface area contributed by atoms with E-state index < -0.39 is 0 Å². The molecule has 6 heteroatoms. The van der Waals surface area contributed by atoms with E-state index in [9.17, 15) is 9.59 Å². The van der Waals surface area contributed by atoms with Gasteiger partial charge in [0.15, 0.2) is 0 Å². The van der Waals surface area contributed by atoms with Gasteiger partial charge in [-0.05, 0) is 12.8 Å². The Balaban J connectivity index is 3.33. The molecule has 0 bridgehead atoms. The molecule has 2 amide bonds. The zero-order chi connectivity index (χ0) is 12.4. The Kier molecular flexibility index (Phi) is 8.46. The van der Waals surface area contributed by atoms with E-state index in [0.717, 1.165) is 19.3 Å². The summed E-state index contributed by atoms with van der Waals surface area (Å²) in [6.07, 6.45) is 2.51. The van der Waals surface area contributed by atoms with E-state index in [4.69, 9.17) is 11.5 Å². The van der Waals surface area contributed by atoms with Crippen molar-refractivity contribution in [3.63, 3.8) is 0 Å². The first kappa shape index (κ1) is 14.9. The van der Waals surface area contributed by atoms with Crippen molar-refractivity contribution in [1.82, 2.24) is 10.6 Å². The Morgan fingerprint density at radius 2 is 2.00 bits per heavy atom. The van der Waals surface area contributed by atoms with E-state index in [1.807, 2.05) is 6.92 Å². The van der Waals surface area contributed by atoms with E-state index in [1.54, 1.807) is 0 Å². The lowest BCUT2D eigenvalue weighted by Crippen LogP contribution is -2.36. The number of nitrogens with one attached hydrogen (secondary N) is 2. The SMILES string of the molecule is CC(CCCCNC(=O)CNCN)C(N)=O. The Hall–Kier alpha value is -1.14. The van der Waals surface area contributed by atoms with Crippen molar-refractivity contribution < 1.29 is 9.59 Å². The molecule has 0 aromatic heterocycles. The molecule has 0 radical (unpaired) electrons. The lowest BCUT2D eigenvalue weighted by atomic mass is 10.0. The van der Waals surface area contributed by atoms with Crippen LogP contribution in [0.15, 0.2) is 0 Å². The highest BCUT2D eigenvalue weighted by atomic mass is 16.2. The third-order valence-corrected chi connectivity index (χ3v) is 2.30. The molecular weight excluding hydrogens is 208 g/mol. The highest BCUT2D eigenvalue weighted by Gasteiger charge is 2.07. The summed E-state index contributed by atoms with van der Waals surface area (Å²) in [6, 6.07) is 0. The van der Waals surface area contributed by atoms with Crippen LogP contribution < -0.4 is 22.1 Å². The van der Waals surface area contributed by atoms with Crippen molar-refractivity contribution in [3.05, 3.63) is 0 Å². The van der Waals surface area contributed by atoms with E-state index in [1.165, 1.54) is 0 Å². The third-order valence-electron chi connectivity index (χ3n) is 2.30. The minimum absolute atomic E-state index is 0.0617. The highest BCUT2D eigenvalue weighted by Crippen LogP contribution is 2.05. The van der Waals surface area contributed by atoms with Gasteiger partial charge in [0, 0.05) is 19.1 Å². The van der Waals surface area contributed by atoms with Gasteiger partial charge in [-0.25, -0.2) is 0 Å². The molecule has 0 aromatic carbocycles. The van der Waals surface area contributed by atoms with Crippen molar-refractivity contribution >= 4 is 11.8 Å². The van der Waals surface area contributed by atoms with Gasteiger partial charge in [-0.3, -0.25) is 14.9 Å².